The van der Waals surface area contributed by atoms with E-state index in [-0.39, 0.29) is 18.0 Å². The van der Waals surface area contributed by atoms with Gasteiger partial charge in [-0.3, -0.25) is 4.79 Å². The first-order chi connectivity index (χ1) is 10.7. The fourth-order valence-corrected chi connectivity index (χ4v) is 2.53. The Balaban J connectivity index is 2.18. The van der Waals surface area contributed by atoms with Crippen LogP contribution in [0.1, 0.15) is 60.3 Å². The topological polar surface area (TPSA) is 79.5 Å². The fourth-order valence-electron chi connectivity index (χ4n) is 2.53. The largest absolute Gasteiger partial charge is 0.444 e. The third-order valence-corrected chi connectivity index (χ3v) is 3.71. The molecule has 0 atom stereocenters. The molecule has 3 N–H and O–H groups in total. The summed E-state index contributed by atoms with van der Waals surface area (Å²) in [5.74, 6) is 0.515. The van der Waals surface area contributed by atoms with Crippen molar-refractivity contribution in [2.45, 2.75) is 78.0 Å². The van der Waals surface area contributed by atoms with E-state index in [1.165, 1.54) is 0 Å². The molecule has 2 amide bonds. The van der Waals surface area contributed by atoms with Crippen LogP contribution < -0.4 is 16.0 Å². The van der Waals surface area contributed by atoms with Gasteiger partial charge in [0.15, 0.2) is 0 Å². The molecule has 0 unspecified atom stereocenters. The van der Waals surface area contributed by atoms with Crippen molar-refractivity contribution >= 4 is 12.0 Å². The second-order valence-electron chi connectivity index (χ2n) is 7.77. The molecular weight excluding hydrogens is 294 g/mol. The average Bonchev–Trinajstić information content (AvgIpc) is 2.42. The maximum absolute atomic E-state index is 11.7. The van der Waals surface area contributed by atoms with Crippen molar-refractivity contribution in [3.63, 3.8) is 0 Å². The van der Waals surface area contributed by atoms with E-state index >= 15 is 0 Å². The minimum Gasteiger partial charge on any atom is -0.444 e. The molecule has 134 valence electrons. The number of carbonyl (C=O) groups excluding carboxylic acids is 2. The summed E-state index contributed by atoms with van der Waals surface area (Å²) in [6.45, 7) is 10.8. The number of ether oxygens (including phenoxy) is 1. The van der Waals surface area contributed by atoms with E-state index in [4.69, 9.17) is 4.74 Å². The molecule has 1 aliphatic carbocycles. The molecular formula is C17H33N3O3. The lowest BCUT2D eigenvalue weighted by Gasteiger charge is -2.30. The van der Waals surface area contributed by atoms with Crippen molar-refractivity contribution in [2.75, 3.05) is 13.1 Å². The summed E-state index contributed by atoms with van der Waals surface area (Å²) < 4.78 is 5.27. The third-order valence-electron chi connectivity index (χ3n) is 3.71. The smallest absolute Gasteiger partial charge is 0.407 e. The highest BCUT2D eigenvalue weighted by Gasteiger charge is 2.24. The van der Waals surface area contributed by atoms with Crippen LogP contribution in [0.15, 0.2) is 0 Å². The highest BCUT2D eigenvalue weighted by atomic mass is 16.6. The molecule has 6 nitrogen and oxygen atoms in total. The van der Waals surface area contributed by atoms with Crippen LogP contribution >= 0.6 is 0 Å². The van der Waals surface area contributed by atoms with Crippen LogP contribution in [0.4, 0.5) is 4.79 Å². The Morgan fingerprint density at radius 3 is 2.17 bits per heavy atom. The van der Waals surface area contributed by atoms with Crippen LogP contribution in [0.25, 0.3) is 0 Å². The van der Waals surface area contributed by atoms with Crippen molar-refractivity contribution in [2.24, 2.45) is 5.92 Å². The maximum atomic E-state index is 11.7. The molecule has 0 bridgehead atoms. The Kier molecular flexibility index (Phi) is 7.82. The SMILES string of the molecule is CC(C)CNC(=O)CNC1CCC(NC(=O)OC(C)(C)C)CC1. The van der Waals surface area contributed by atoms with Gasteiger partial charge in [0.1, 0.15) is 5.60 Å². The number of nitrogens with one attached hydrogen (secondary N) is 3. The Labute approximate surface area is 140 Å². The van der Waals surface area contributed by atoms with Gasteiger partial charge in [0.2, 0.25) is 5.91 Å². The first-order valence-corrected chi connectivity index (χ1v) is 8.65. The molecule has 0 saturated heterocycles. The minimum atomic E-state index is -0.466. The second kappa shape index (κ2) is 9.11. The fraction of sp³-hybridized carbons (Fsp3) is 0.882. The standard InChI is InChI=1S/C17H33N3O3/c1-12(2)10-19-15(21)11-18-13-6-8-14(9-7-13)20-16(22)23-17(3,4)5/h12-14,18H,6-11H2,1-5H3,(H,19,21)(H,20,22). The quantitative estimate of drug-likeness (QED) is 0.698. The Morgan fingerprint density at radius 1 is 1.09 bits per heavy atom. The number of hydrogen-bond donors (Lipinski definition) is 3. The molecule has 0 spiro atoms. The summed E-state index contributed by atoms with van der Waals surface area (Å²) in [6, 6.07) is 0.508. The molecule has 6 heteroatoms. The molecule has 0 heterocycles. The molecule has 0 aromatic carbocycles. The second-order valence-corrected chi connectivity index (χ2v) is 7.77. The summed E-state index contributed by atoms with van der Waals surface area (Å²) in [5, 5.41) is 9.13. The molecule has 1 rings (SSSR count). The number of alkyl carbamates (subject to hydrolysis) is 1. The summed E-state index contributed by atoms with van der Waals surface area (Å²) in [4.78, 5) is 23.4. The zero-order chi connectivity index (χ0) is 17.5. The van der Waals surface area contributed by atoms with Gasteiger partial charge in [-0.05, 0) is 52.4 Å². The molecule has 23 heavy (non-hydrogen) atoms. The lowest BCUT2D eigenvalue weighted by Crippen LogP contribution is -2.46. The van der Waals surface area contributed by atoms with Crippen LogP contribution in [0.3, 0.4) is 0 Å². The maximum Gasteiger partial charge on any atom is 0.407 e. The molecule has 0 radical (unpaired) electrons. The predicted molar refractivity (Wildman–Crippen MR) is 91.3 cm³/mol. The van der Waals surface area contributed by atoms with Gasteiger partial charge in [0.05, 0.1) is 6.54 Å². The molecule has 1 fully saturated rings. The van der Waals surface area contributed by atoms with Gasteiger partial charge in [0.25, 0.3) is 0 Å². The van der Waals surface area contributed by atoms with Crippen LogP contribution in [-0.2, 0) is 9.53 Å². The highest BCUT2D eigenvalue weighted by Crippen LogP contribution is 2.19. The average molecular weight is 327 g/mol. The normalized spacial score (nSPS) is 21.8. The van der Waals surface area contributed by atoms with Crippen LogP contribution in [0.5, 0.6) is 0 Å². The van der Waals surface area contributed by atoms with E-state index in [1.807, 2.05) is 20.8 Å². The predicted octanol–water partition coefficient (Wildman–Crippen LogP) is 2.18. The van der Waals surface area contributed by atoms with E-state index in [9.17, 15) is 9.59 Å². The lowest BCUT2D eigenvalue weighted by molar-refractivity contribution is -0.120. The zero-order valence-corrected chi connectivity index (χ0v) is 15.2. The lowest BCUT2D eigenvalue weighted by atomic mass is 9.91. The van der Waals surface area contributed by atoms with E-state index in [0.717, 1.165) is 25.7 Å². The van der Waals surface area contributed by atoms with Gasteiger partial charge in [0, 0.05) is 18.6 Å². The Bertz CT molecular complexity index is 383. The van der Waals surface area contributed by atoms with Gasteiger partial charge >= 0.3 is 6.09 Å². The van der Waals surface area contributed by atoms with Gasteiger partial charge in [-0.25, -0.2) is 4.79 Å². The summed E-state index contributed by atoms with van der Waals surface area (Å²) in [5.41, 5.74) is -0.466. The Hall–Kier alpha value is -1.30. The highest BCUT2D eigenvalue weighted by molar-refractivity contribution is 5.78. The van der Waals surface area contributed by atoms with Gasteiger partial charge in [-0.15, -0.1) is 0 Å². The third kappa shape index (κ3) is 9.43. The number of hydrogen-bond acceptors (Lipinski definition) is 4. The molecule has 0 aromatic rings. The first-order valence-electron chi connectivity index (χ1n) is 8.65. The van der Waals surface area contributed by atoms with Gasteiger partial charge in [-0.1, -0.05) is 13.8 Å². The minimum absolute atomic E-state index is 0.0488. The van der Waals surface area contributed by atoms with Crippen LogP contribution in [0.2, 0.25) is 0 Å². The number of rotatable bonds is 6. The van der Waals surface area contributed by atoms with Crippen LogP contribution in [0, 0.1) is 5.92 Å². The van der Waals surface area contributed by atoms with E-state index in [2.05, 4.69) is 29.8 Å². The Morgan fingerprint density at radius 2 is 1.65 bits per heavy atom. The molecule has 1 saturated carbocycles. The monoisotopic (exact) mass is 327 g/mol. The van der Waals surface area contributed by atoms with Gasteiger partial charge < -0.3 is 20.7 Å². The van der Waals surface area contributed by atoms with E-state index in [1.54, 1.807) is 0 Å². The van der Waals surface area contributed by atoms with Crippen molar-refractivity contribution in [1.82, 2.24) is 16.0 Å². The summed E-state index contributed by atoms with van der Waals surface area (Å²) >= 11 is 0. The zero-order valence-electron chi connectivity index (χ0n) is 15.2. The van der Waals surface area contributed by atoms with E-state index < -0.39 is 5.60 Å². The summed E-state index contributed by atoms with van der Waals surface area (Å²) in [7, 11) is 0. The van der Waals surface area contributed by atoms with Gasteiger partial charge in [-0.2, -0.15) is 0 Å². The van der Waals surface area contributed by atoms with Crippen molar-refractivity contribution < 1.29 is 14.3 Å². The van der Waals surface area contributed by atoms with E-state index in [0.29, 0.717) is 25.0 Å². The number of amides is 2. The van der Waals surface area contributed by atoms with Crippen molar-refractivity contribution in [3.05, 3.63) is 0 Å². The molecule has 0 aliphatic heterocycles. The summed E-state index contributed by atoms with van der Waals surface area (Å²) in [6.07, 6.45) is 3.38. The van der Waals surface area contributed by atoms with Crippen molar-refractivity contribution in [1.29, 1.82) is 0 Å². The van der Waals surface area contributed by atoms with Crippen molar-refractivity contribution in [3.8, 4) is 0 Å². The van der Waals surface area contributed by atoms with Crippen LogP contribution in [-0.4, -0.2) is 42.8 Å². The molecule has 1 aliphatic rings. The molecule has 0 aromatic heterocycles. The number of carbonyl (C=O) groups is 2. The first kappa shape index (κ1) is 19.7.